The van der Waals surface area contributed by atoms with Crippen LogP contribution < -0.4 is 15.2 Å². The van der Waals surface area contributed by atoms with E-state index in [4.69, 9.17) is 10.5 Å². The van der Waals surface area contributed by atoms with Crippen LogP contribution in [-0.4, -0.2) is 31.9 Å². The maximum Gasteiger partial charge on any atom is 0.265 e. The van der Waals surface area contributed by atoms with E-state index in [1.54, 1.807) is 24.3 Å². The highest BCUT2D eigenvalue weighted by molar-refractivity contribution is 7.92. The van der Waals surface area contributed by atoms with Crippen molar-refractivity contribution in [2.75, 3.05) is 18.4 Å². The lowest BCUT2D eigenvalue weighted by Gasteiger charge is -2.10. The van der Waals surface area contributed by atoms with Gasteiger partial charge in [-0.15, -0.1) is 0 Å². The van der Waals surface area contributed by atoms with Crippen LogP contribution in [-0.2, 0) is 16.6 Å². The summed E-state index contributed by atoms with van der Waals surface area (Å²) in [6.07, 6.45) is 2.72. The zero-order chi connectivity index (χ0) is 14.6. The largest absolute Gasteiger partial charge is 0.495 e. The first-order valence-corrected chi connectivity index (χ1v) is 7.43. The van der Waals surface area contributed by atoms with Gasteiger partial charge < -0.3 is 10.5 Å². The second kappa shape index (κ2) is 5.93. The summed E-state index contributed by atoms with van der Waals surface area (Å²) in [7, 11) is -2.22. The molecular weight excluding hydrogens is 280 g/mol. The third kappa shape index (κ3) is 3.09. The molecule has 0 saturated heterocycles. The van der Waals surface area contributed by atoms with Crippen molar-refractivity contribution in [3.8, 4) is 5.75 Å². The first-order valence-electron chi connectivity index (χ1n) is 5.95. The SMILES string of the molecule is COc1ccccc1NS(=O)(=O)c1cnn(CCN)c1. The highest BCUT2D eigenvalue weighted by Gasteiger charge is 2.18. The normalized spacial score (nSPS) is 11.3. The van der Waals surface area contributed by atoms with Crippen LogP contribution in [0.2, 0.25) is 0 Å². The van der Waals surface area contributed by atoms with Gasteiger partial charge in [0.05, 0.1) is 25.5 Å². The molecule has 2 rings (SSSR count). The number of anilines is 1. The lowest BCUT2D eigenvalue weighted by Crippen LogP contribution is -2.13. The molecule has 0 aliphatic heterocycles. The number of nitrogens with two attached hydrogens (primary N) is 1. The number of ether oxygens (including phenoxy) is 1. The highest BCUT2D eigenvalue weighted by Crippen LogP contribution is 2.25. The van der Waals surface area contributed by atoms with Gasteiger partial charge in [-0.1, -0.05) is 12.1 Å². The van der Waals surface area contributed by atoms with Gasteiger partial charge in [0, 0.05) is 12.7 Å². The molecule has 108 valence electrons. The number of aromatic nitrogens is 2. The molecule has 0 bridgehead atoms. The van der Waals surface area contributed by atoms with Crippen molar-refractivity contribution in [3.63, 3.8) is 0 Å². The Morgan fingerprint density at radius 2 is 2.15 bits per heavy atom. The van der Waals surface area contributed by atoms with Crippen LogP contribution >= 0.6 is 0 Å². The van der Waals surface area contributed by atoms with Crippen molar-refractivity contribution in [1.29, 1.82) is 0 Å². The number of benzene rings is 1. The molecule has 0 aliphatic carbocycles. The fourth-order valence-electron chi connectivity index (χ4n) is 1.67. The van der Waals surface area contributed by atoms with Crippen molar-refractivity contribution in [3.05, 3.63) is 36.7 Å². The predicted molar refractivity (Wildman–Crippen MR) is 75.1 cm³/mol. The third-order valence-electron chi connectivity index (χ3n) is 2.63. The van der Waals surface area contributed by atoms with Gasteiger partial charge in [-0.25, -0.2) is 8.42 Å². The quantitative estimate of drug-likeness (QED) is 0.815. The van der Waals surface area contributed by atoms with Gasteiger partial charge in [-0.05, 0) is 12.1 Å². The number of para-hydroxylation sites is 2. The van der Waals surface area contributed by atoms with Crippen molar-refractivity contribution < 1.29 is 13.2 Å². The second-order valence-electron chi connectivity index (χ2n) is 4.03. The average Bonchev–Trinajstić information content (AvgIpc) is 2.89. The van der Waals surface area contributed by atoms with Gasteiger partial charge in [0.2, 0.25) is 0 Å². The maximum atomic E-state index is 12.2. The topological polar surface area (TPSA) is 99.2 Å². The Morgan fingerprint density at radius 3 is 2.85 bits per heavy atom. The molecule has 0 atom stereocenters. The summed E-state index contributed by atoms with van der Waals surface area (Å²) in [6, 6.07) is 6.78. The minimum Gasteiger partial charge on any atom is -0.495 e. The number of hydrogen-bond acceptors (Lipinski definition) is 5. The Labute approximate surface area is 117 Å². The molecule has 0 amide bonds. The zero-order valence-electron chi connectivity index (χ0n) is 11.0. The van der Waals surface area contributed by atoms with Crippen LogP contribution in [0.5, 0.6) is 5.75 Å². The Balaban J connectivity index is 2.26. The van der Waals surface area contributed by atoms with Crippen LogP contribution in [0, 0.1) is 0 Å². The summed E-state index contributed by atoms with van der Waals surface area (Å²) >= 11 is 0. The molecule has 0 spiro atoms. The molecule has 0 fully saturated rings. The molecule has 1 aromatic heterocycles. The predicted octanol–water partition coefficient (Wildman–Crippen LogP) is 0.651. The van der Waals surface area contributed by atoms with Crippen LogP contribution in [0.15, 0.2) is 41.6 Å². The molecule has 0 aliphatic rings. The number of rotatable bonds is 6. The average molecular weight is 296 g/mol. The Bertz CT molecular complexity index is 682. The highest BCUT2D eigenvalue weighted by atomic mass is 32.2. The molecule has 2 aromatic rings. The van der Waals surface area contributed by atoms with E-state index in [0.29, 0.717) is 24.5 Å². The van der Waals surface area contributed by atoms with Crippen LogP contribution in [0.25, 0.3) is 0 Å². The lowest BCUT2D eigenvalue weighted by atomic mass is 10.3. The van der Waals surface area contributed by atoms with E-state index < -0.39 is 10.0 Å². The maximum absolute atomic E-state index is 12.2. The van der Waals surface area contributed by atoms with E-state index in [2.05, 4.69) is 9.82 Å². The number of methoxy groups -OCH3 is 1. The van der Waals surface area contributed by atoms with E-state index in [9.17, 15) is 8.42 Å². The van der Waals surface area contributed by atoms with Crippen LogP contribution in [0.1, 0.15) is 0 Å². The van der Waals surface area contributed by atoms with Gasteiger partial charge in [-0.2, -0.15) is 5.10 Å². The van der Waals surface area contributed by atoms with Gasteiger partial charge in [-0.3, -0.25) is 9.40 Å². The van der Waals surface area contributed by atoms with E-state index in [1.807, 2.05) is 0 Å². The summed E-state index contributed by atoms with van der Waals surface area (Å²) in [6.45, 7) is 0.852. The fourth-order valence-corrected chi connectivity index (χ4v) is 2.69. The molecule has 3 N–H and O–H groups in total. The Kier molecular flexibility index (Phi) is 4.26. The van der Waals surface area contributed by atoms with E-state index >= 15 is 0 Å². The summed E-state index contributed by atoms with van der Waals surface area (Å²) in [4.78, 5) is 0.0804. The standard InChI is InChI=1S/C12H16N4O3S/c1-19-12-5-3-2-4-11(12)15-20(17,18)10-8-14-16(9-10)7-6-13/h2-5,8-9,15H,6-7,13H2,1H3. The molecule has 1 aromatic carbocycles. The summed E-state index contributed by atoms with van der Waals surface area (Å²) in [5.41, 5.74) is 5.77. The van der Waals surface area contributed by atoms with E-state index in [1.165, 1.54) is 24.2 Å². The van der Waals surface area contributed by atoms with Crippen LogP contribution in [0.4, 0.5) is 5.69 Å². The fraction of sp³-hybridized carbons (Fsp3) is 0.250. The lowest BCUT2D eigenvalue weighted by molar-refractivity contribution is 0.417. The zero-order valence-corrected chi connectivity index (χ0v) is 11.8. The third-order valence-corrected chi connectivity index (χ3v) is 3.95. The van der Waals surface area contributed by atoms with Crippen molar-refractivity contribution >= 4 is 15.7 Å². The second-order valence-corrected chi connectivity index (χ2v) is 5.72. The number of nitrogens with zero attached hydrogens (tertiary/aromatic N) is 2. The Hall–Kier alpha value is -2.06. The number of sulfonamides is 1. The smallest absolute Gasteiger partial charge is 0.265 e. The molecule has 7 nitrogen and oxygen atoms in total. The molecular formula is C12H16N4O3S. The van der Waals surface area contributed by atoms with Crippen molar-refractivity contribution in [2.24, 2.45) is 5.73 Å². The number of hydrogen-bond donors (Lipinski definition) is 2. The van der Waals surface area contributed by atoms with E-state index in [-0.39, 0.29) is 4.90 Å². The van der Waals surface area contributed by atoms with Gasteiger partial charge in [0.1, 0.15) is 10.6 Å². The minimum absolute atomic E-state index is 0.0804. The number of nitrogens with one attached hydrogen (secondary N) is 1. The van der Waals surface area contributed by atoms with Gasteiger partial charge in [0.25, 0.3) is 10.0 Å². The van der Waals surface area contributed by atoms with Crippen LogP contribution in [0.3, 0.4) is 0 Å². The molecule has 0 saturated carbocycles. The van der Waals surface area contributed by atoms with E-state index in [0.717, 1.165) is 0 Å². The first kappa shape index (κ1) is 14.4. The van der Waals surface area contributed by atoms with Crippen molar-refractivity contribution in [2.45, 2.75) is 11.4 Å². The van der Waals surface area contributed by atoms with Gasteiger partial charge >= 0.3 is 0 Å². The molecule has 8 heteroatoms. The summed E-state index contributed by atoms with van der Waals surface area (Å²) < 4.78 is 33.5. The minimum atomic E-state index is -3.70. The molecule has 1 heterocycles. The van der Waals surface area contributed by atoms with Gasteiger partial charge in [0.15, 0.2) is 0 Å². The monoisotopic (exact) mass is 296 g/mol. The molecule has 20 heavy (non-hydrogen) atoms. The summed E-state index contributed by atoms with van der Waals surface area (Å²) in [5.74, 6) is 0.449. The Morgan fingerprint density at radius 1 is 1.40 bits per heavy atom. The first-order chi connectivity index (χ1) is 9.56. The molecule has 0 unspecified atom stereocenters. The molecule has 0 radical (unpaired) electrons. The summed E-state index contributed by atoms with van der Waals surface area (Å²) in [5, 5.41) is 3.94. The van der Waals surface area contributed by atoms with Crippen molar-refractivity contribution in [1.82, 2.24) is 9.78 Å².